The zero-order chi connectivity index (χ0) is 14.8. The van der Waals surface area contributed by atoms with Crippen molar-refractivity contribution in [3.05, 3.63) is 53.3 Å². The summed E-state index contributed by atoms with van der Waals surface area (Å²) < 4.78 is 26.9. The molecule has 0 unspecified atom stereocenters. The third-order valence-electron chi connectivity index (χ3n) is 2.44. The lowest BCUT2D eigenvalue weighted by atomic mass is 10.2. The first-order chi connectivity index (χ1) is 9.40. The molecule has 5 nitrogen and oxygen atoms in total. The molecule has 20 heavy (non-hydrogen) atoms. The van der Waals surface area contributed by atoms with Crippen LogP contribution in [0.2, 0.25) is 5.02 Å². The van der Waals surface area contributed by atoms with Crippen LogP contribution < -0.4 is 10.5 Å². The monoisotopic (exact) mass is 327 g/mol. The SMILES string of the molecule is NC(=S)c1ccc(S(=O)(=O)Nc2ccncc2)c(Cl)c1. The first kappa shape index (κ1) is 14.7. The summed E-state index contributed by atoms with van der Waals surface area (Å²) in [5, 5.41) is 0.0526. The van der Waals surface area contributed by atoms with Gasteiger partial charge in [0.25, 0.3) is 10.0 Å². The van der Waals surface area contributed by atoms with Crippen LogP contribution in [0.4, 0.5) is 5.69 Å². The van der Waals surface area contributed by atoms with Crippen LogP contribution in [-0.4, -0.2) is 18.4 Å². The maximum atomic E-state index is 12.2. The smallest absolute Gasteiger partial charge is 0.263 e. The van der Waals surface area contributed by atoms with E-state index >= 15 is 0 Å². The Kier molecular flexibility index (Phi) is 4.22. The second-order valence-corrected chi connectivity index (χ2v) is 6.35. The van der Waals surface area contributed by atoms with E-state index in [4.69, 9.17) is 29.6 Å². The fourth-order valence-electron chi connectivity index (χ4n) is 1.50. The highest BCUT2D eigenvalue weighted by atomic mass is 35.5. The Morgan fingerprint density at radius 3 is 2.45 bits per heavy atom. The summed E-state index contributed by atoms with van der Waals surface area (Å²) in [5.41, 5.74) is 6.37. The van der Waals surface area contributed by atoms with Crippen LogP contribution in [0.25, 0.3) is 0 Å². The lowest BCUT2D eigenvalue weighted by molar-refractivity contribution is 0.601. The van der Waals surface area contributed by atoms with Crippen molar-refractivity contribution in [1.82, 2.24) is 4.98 Å². The largest absolute Gasteiger partial charge is 0.389 e. The summed E-state index contributed by atoms with van der Waals surface area (Å²) in [5.74, 6) is 0. The van der Waals surface area contributed by atoms with E-state index in [-0.39, 0.29) is 14.9 Å². The number of halogens is 1. The van der Waals surface area contributed by atoms with Crippen LogP contribution in [0.5, 0.6) is 0 Å². The molecule has 1 aromatic heterocycles. The van der Waals surface area contributed by atoms with E-state index in [1.165, 1.54) is 42.7 Å². The van der Waals surface area contributed by atoms with Gasteiger partial charge in [0.05, 0.1) is 10.7 Å². The molecule has 0 aliphatic rings. The summed E-state index contributed by atoms with van der Waals surface area (Å²) in [4.78, 5) is 3.91. The average molecular weight is 328 g/mol. The molecule has 0 aliphatic heterocycles. The van der Waals surface area contributed by atoms with Gasteiger partial charge in [-0.05, 0) is 24.3 Å². The summed E-state index contributed by atoms with van der Waals surface area (Å²) in [7, 11) is -3.78. The van der Waals surface area contributed by atoms with Crippen molar-refractivity contribution < 1.29 is 8.42 Å². The summed E-state index contributed by atoms with van der Waals surface area (Å²) in [6.45, 7) is 0. The number of nitrogens with one attached hydrogen (secondary N) is 1. The topological polar surface area (TPSA) is 85.1 Å². The first-order valence-electron chi connectivity index (χ1n) is 5.42. The minimum absolute atomic E-state index is 0.0454. The molecule has 0 fully saturated rings. The van der Waals surface area contributed by atoms with Crippen molar-refractivity contribution in [1.29, 1.82) is 0 Å². The van der Waals surface area contributed by atoms with Gasteiger partial charge in [0.2, 0.25) is 0 Å². The standard InChI is InChI=1S/C12H10ClN3O2S2/c13-10-7-8(12(14)19)1-2-11(10)20(17,18)16-9-3-5-15-6-4-9/h1-7H,(H2,14,19)(H,15,16). The highest BCUT2D eigenvalue weighted by Gasteiger charge is 2.18. The number of hydrogen-bond acceptors (Lipinski definition) is 4. The summed E-state index contributed by atoms with van der Waals surface area (Å²) in [6, 6.07) is 7.37. The van der Waals surface area contributed by atoms with Gasteiger partial charge in [0.1, 0.15) is 9.88 Å². The minimum Gasteiger partial charge on any atom is -0.389 e. The molecule has 0 saturated carbocycles. The van der Waals surface area contributed by atoms with Gasteiger partial charge < -0.3 is 5.73 Å². The lowest BCUT2D eigenvalue weighted by Crippen LogP contribution is -2.15. The van der Waals surface area contributed by atoms with E-state index in [1.807, 2.05) is 0 Å². The molecule has 3 N–H and O–H groups in total. The predicted molar refractivity (Wildman–Crippen MR) is 82.4 cm³/mol. The van der Waals surface area contributed by atoms with Crippen LogP contribution in [-0.2, 0) is 10.0 Å². The molecule has 1 aromatic carbocycles. The molecular formula is C12H10ClN3O2S2. The fourth-order valence-corrected chi connectivity index (χ4v) is 3.23. The van der Waals surface area contributed by atoms with Gasteiger partial charge in [-0.1, -0.05) is 29.9 Å². The Labute approximate surface area is 126 Å². The number of nitrogens with two attached hydrogens (primary N) is 1. The Balaban J connectivity index is 2.37. The van der Waals surface area contributed by atoms with E-state index in [1.54, 1.807) is 0 Å². The Bertz CT molecular complexity index is 749. The van der Waals surface area contributed by atoms with Gasteiger partial charge in [0.15, 0.2) is 0 Å². The highest BCUT2D eigenvalue weighted by Crippen LogP contribution is 2.24. The van der Waals surface area contributed by atoms with Gasteiger partial charge in [-0.15, -0.1) is 0 Å². The van der Waals surface area contributed by atoms with E-state index in [9.17, 15) is 8.42 Å². The molecule has 2 aromatic rings. The normalized spacial score (nSPS) is 11.1. The van der Waals surface area contributed by atoms with Crippen molar-refractivity contribution in [3.63, 3.8) is 0 Å². The molecule has 0 radical (unpaired) electrons. The van der Waals surface area contributed by atoms with Gasteiger partial charge in [-0.2, -0.15) is 0 Å². The minimum atomic E-state index is -3.78. The molecule has 1 heterocycles. The van der Waals surface area contributed by atoms with Gasteiger partial charge in [0, 0.05) is 18.0 Å². The third kappa shape index (κ3) is 3.24. The van der Waals surface area contributed by atoms with E-state index in [0.29, 0.717) is 11.3 Å². The van der Waals surface area contributed by atoms with Crippen LogP contribution >= 0.6 is 23.8 Å². The maximum absolute atomic E-state index is 12.2. The van der Waals surface area contributed by atoms with Crippen molar-refractivity contribution in [2.75, 3.05) is 4.72 Å². The molecule has 0 spiro atoms. The quantitative estimate of drug-likeness (QED) is 0.841. The average Bonchev–Trinajstić information content (AvgIpc) is 2.38. The number of hydrogen-bond donors (Lipinski definition) is 2. The number of pyridine rings is 1. The lowest BCUT2D eigenvalue weighted by Gasteiger charge is -2.10. The predicted octanol–water partition coefficient (Wildman–Crippen LogP) is 2.17. The fraction of sp³-hybridized carbons (Fsp3) is 0. The highest BCUT2D eigenvalue weighted by molar-refractivity contribution is 7.92. The zero-order valence-corrected chi connectivity index (χ0v) is 12.5. The number of sulfonamides is 1. The second-order valence-electron chi connectivity index (χ2n) is 3.85. The Hall–Kier alpha value is -1.70. The van der Waals surface area contributed by atoms with Crippen LogP contribution in [0.15, 0.2) is 47.6 Å². The van der Waals surface area contributed by atoms with Gasteiger partial charge >= 0.3 is 0 Å². The van der Waals surface area contributed by atoms with Crippen molar-refractivity contribution in [2.45, 2.75) is 4.90 Å². The molecule has 0 amide bonds. The van der Waals surface area contributed by atoms with Crippen molar-refractivity contribution >= 4 is 44.5 Å². The number of anilines is 1. The van der Waals surface area contributed by atoms with E-state index < -0.39 is 10.0 Å². The van der Waals surface area contributed by atoms with E-state index in [2.05, 4.69) is 9.71 Å². The van der Waals surface area contributed by atoms with Gasteiger partial charge in [-0.3, -0.25) is 9.71 Å². The Morgan fingerprint density at radius 2 is 1.90 bits per heavy atom. The molecular weight excluding hydrogens is 318 g/mol. The van der Waals surface area contributed by atoms with Crippen molar-refractivity contribution in [2.24, 2.45) is 5.73 Å². The number of nitrogens with zero attached hydrogens (tertiary/aromatic N) is 1. The third-order valence-corrected chi connectivity index (χ3v) is 4.54. The molecule has 0 bridgehead atoms. The molecule has 2 rings (SSSR count). The molecule has 0 aliphatic carbocycles. The second kappa shape index (κ2) is 5.74. The summed E-state index contributed by atoms with van der Waals surface area (Å²) >= 11 is 10.8. The van der Waals surface area contributed by atoms with Crippen LogP contribution in [0.3, 0.4) is 0 Å². The summed E-state index contributed by atoms with van der Waals surface area (Å²) in [6.07, 6.45) is 2.96. The van der Waals surface area contributed by atoms with Crippen LogP contribution in [0, 0.1) is 0 Å². The maximum Gasteiger partial charge on any atom is 0.263 e. The molecule has 8 heteroatoms. The Morgan fingerprint density at radius 1 is 1.25 bits per heavy atom. The van der Waals surface area contributed by atoms with Crippen LogP contribution in [0.1, 0.15) is 5.56 Å². The number of rotatable bonds is 4. The number of aromatic nitrogens is 1. The molecule has 0 atom stereocenters. The first-order valence-corrected chi connectivity index (χ1v) is 7.69. The van der Waals surface area contributed by atoms with Crippen molar-refractivity contribution in [3.8, 4) is 0 Å². The molecule has 0 saturated heterocycles. The van der Waals surface area contributed by atoms with Gasteiger partial charge in [-0.25, -0.2) is 8.42 Å². The number of benzene rings is 1. The van der Waals surface area contributed by atoms with E-state index in [0.717, 1.165) is 0 Å². The zero-order valence-electron chi connectivity index (χ0n) is 10.1. The molecule has 104 valence electrons. The number of thiocarbonyl (C=S) groups is 1.